The van der Waals surface area contributed by atoms with Crippen molar-refractivity contribution in [3.63, 3.8) is 0 Å². The van der Waals surface area contributed by atoms with Crippen molar-refractivity contribution in [2.75, 3.05) is 31.6 Å². The van der Waals surface area contributed by atoms with Gasteiger partial charge in [-0.3, -0.25) is 9.69 Å². The minimum Gasteiger partial charge on any atom is -0.395 e. The standard InChI is InChI=1S/C17H28N2O2/c1-4-5-9-19(10-11-20)13-17(21)18-16-8-6-7-15(12-16)14(2)3/h6-8,12,14,20H,4-5,9-11,13H2,1-3H3,(H,18,21). The quantitative estimate of drug-likeness (QED) is 0.736. The monoisotopic (exact) mass is 292 g/mol. The third kappa shape index (κ3) is 6.74. The Morgan fingerprint density at radius 2 is 2.10 bits per heavy atom. The Bertz CT molecular complexity index is 433. The van der Waals surface area contributed by atoms with Crippen LogP contribution in [0.2, 0.25) is 0 Å². The van der Waals surface area contributed by atoms with Crippen LogP contribution < -0.4 is 5.32 Å². The second-order valence-corrected chi connectivity index (χ2v) is 5.68. The third-order valence-electron chi connectivity index (χ3n) is 3.45. The Hall–Kier alpha value is -1.39. The van der Waals surface area contributed by atoms with Gasteiger partial charge in [0, 0.05) is 12.2 Å². The van der Waals surface area contributed by atoms with Gasteiger partial charge in [0.15, 0.2) is 0 Å². The molecular formula is C17H28N2O2. The number of hydrogen-bond acceptors (Lipinski definition) is 3. The summed E-state index contributed by atoms with van der Waals surface area (Å²) >= 11 is 0. The summed E-state index contributed by atoms with van der Waals surface area (Å²) in [4.78, 5) is 14.1. The highest BCUT2D eigenvalue weighted by atomic mass is 16.3. The summed E-state index contributed by atoms with van der Waals surface area (Å²) < 4.78 is 0. The van der Waals surface area contributed by atoms with Gasteiger partial charge in [-0.05, 0) is 36.6 Å². The van der Waals surface area contributed by atoms with E-state index < -0.39 is 0 Å². The second-order valence-electron chi connectivity index (χ2n) is 5.68. The summed E-state index contributed by atoms with van der Waals surface area (Å²) in [7, 11) is 0. The van der Waals surface area contributed by atoms with E-state index in [1.165, 1.54) is 5.56 Å². The lowest BCUT2D eigenvalue weighted by Gasteiger charge is -2.20. The average molecular weight is 292 g/mol. The van der Waals surface area contributed by atoms with E-state index in [0.717, 1.165) is 25.1 Å². The third-order valence-corrected chi connectivity index (χ3v) is 3.45. The number of carbonyl (C=O) groups excluding carboxylic acids is 1. The number of benzene rings is 1. The van der Waals surface area contributed by atoms with E-state index in [0.29, 0.717) is 19.0 Å². The molecule has 1 rings (SSSR count). The van der Waals surface area contributed by atoms with Crippen molar-refractivity contribution >= 4 is 11.6 Å². The van der Waals surface area contributed by atoms with Gasteiger partial charge in [0.1, 0.15) is 0 Å². The highest BCUT2D eigenvalue weighted by Gasteiger charge is 2.10. The minimum atomic E-state index is -0.0274. The zero-order valence-corrected chi connectivity index (χ0v) is 13.4. The Labute approximate surface area is 128 Å². The van der Waals surface area contributed by atoms with Crippen molar-refractivity contribution < 1.29 is 9.90 Å². The van der Waals surface area contributed by atoms with Crippen molar-refractivity contribution in [1.29, 1.82) is 0 Å². The average Bonchev–Trinajstić information content (AvgIpc) is 2.45. The van der Waals surface area contributed by atoms with Gasteiger partial charge < -0.3 is 10.4 Å². The van der Waals surface area contributed by atoms with E-state index in [1.54, 1.807) is 0 Å². The zero-order chi connectivity index (χ0) is 15.7. The fourth-order valence-corrected chi connectivity index (χ4v) is 2.17. The van der Waals surface area contributed by atoms with Crippen LogP contribution in [0, 0.1) is 0 Å². The number of unbranched alkanes of at least 4 members (excludes halogenated alkanes) is 1. The van der Waals surface area contributed by atoms with Gasteiger partial charge in [0.25, 0.3) is 0 Å². The van der Waals surface area contributed by atoms with Crippen LogP contribution in [0.5, 0.6) is 0 Å². The molecule has 0 aliphatic heterocycles. The molecule has 1 aromatic carbocycles. The first-order valence-corrected chi connectivity index (χ1v) is 7.79. The highest BCUT2D eigenvalue weighted by Crippen LogP contribution is 2.18. The number of nitrogens with zero attached hydrogens (tertiary/aromatic N) is 1. The normalized spacial score (nSPS) is 11.1. The molecule has 1 amide bonds. The van der Waals surface area contributed by atoms with Crippen LogP contribution in [0.3, 0.4) is 0 Å². The molecule has 4 heteroatoms. The Morgan fingerprint density at radius 3 is 2.71 bits per heavy atom. The molecule has 1 aromatic rings. The molecule has 0 saturated carbocycles. The van der Waals surface area contributed by atoms with E-state index in [2.05, 4.69) is 32.2 Å². The van der Waals surface area contributed by atoms with E-state index in [4.69, 9.17) is 5.11 Å². The van der Waals surface area contributed by atoms with Crippen LogP contribution in [0.15, 0.2) is 24.3 Å². The first-order valence-electron chi connectivity index (χ1n) is 7.79. The van der Waals surface area contributed by atoms with Crippen molar-refractivity contribution in [2.45, 2.75) is 39.5 Å². The summed E-state index contributed by atoms with van der Waals surface area (Å²) in [5, 5.41) is 12.0. The molecule has 21 heavy (non-hydrogen) atoms. The highest BCUT2D eigenvalue weighted by molar-refractivity contribution is 5.92. The molecule has 0 aromatic heterocycles. The lowest BCUT2D eigenvalue weighted by Crippen LogP contribution is -2.35. The summed E-state index contributed by atoms with van der Waals surface area (Å²) in [5.41, 5.74) is 2.05. The number of nitrogens with one attached hydrogen (secondary N) is 1. The smallest absolute Gasteiger partial charge is 0.238 e. The molecule has 0 unspecified atom stereocenters. The summed E-state index contributed by atoms with van der Waals surface area (Å²) in [6.45, 7) is 8.18. The van der Waals surface area contributed by atoms with Crippen LogP contribution in [0.25, 0.3) is 0 Å². The predicted molar refractivity (Wildman–Crippen MR) is 87.6 cm³/mol. The number of anilines is 1. The number of carbonyl (C=O) groups is 1. The maximum absolute atomic E-state index is 12.1. The molecule has 0 heterocycles. The molecular weight excluding hydrogens is 264 g/mol. The predicted octanol–water partition coefficient (Wildman–Crippen LogP) is 2.84. The summed E-state index contributed by atoms with van der Waals surface area (Å²) in [6.07, 6.45) is 2.12. The Morgan fingerprint density at radius 1 is 1.33 bits per heavy atom. The van der Waals surface area contributed by atoms with Crippen LogP contribution in [-0.2, 0) is 4.79 Å². The Kier molecular flexibility index (Phi) is 8.01. The lowest BCUT2D eigenvalue weighted by atomic mass is 10.0. The Balaban J connectivity index is 2.56. The molecule has 0 atom stereocenters. The molecule has 0 radical (unpaired) electrons. The lowest BCUT2D eigenvalue weighted by molar-refractivity contribution is -0.117. The fraction of sp³-hybridized carbons (Fsp3) is 0.588. The zero-order valence-electron chi connectivity index (χ0n) is 13.4. The maximum atomic E-state index is 12.1. The van der Waals surface area contributed by atoms with Crippen molar-refractivity contribution in [1.82, 2.24) is 4.90 Å². The largest absolute Gasteiger partial charge is 0.395 e. The molecule has 0 bridgehead atoms. The number of amides is 1. The second kappa shape index (κ2) is 9.53. The molecule has 4 nitrogen and oxygen atoms in total. The van der Waals surface area contributed by atoms with Gasteiger partial charge in [0.05, 0.1) is 13.2 Å². The molecule has 0 saturated heterocycles. The van der Waals surface area contributed by atoms with Crippen LogP contribution in [-0.4, -0.2) is 42.2 Å². The van der Waals surface area contributed by atoms with Gasteiger partial charge in [-0.25, -0.2) is 0 Å². The minimum absolute atomic E-state index is 0.0274. The van der Waals surface area contributed by atoms with Crippen molar-refractivity contribution in [3.05, 3.63) is 29.8 Å². The first-order chi connectivity index (χ1) is 10.1. The molecule has 0 aliphatic rings. The van der Waals surface area contributed by atoms with Gasteiger partial charge in [0.2, 0.25) is 5.91 Å². The van der Waals surface area contributed by atoms with Gasteiger partial charge in [-0.15, -0.1) is 0 Å². The number of aliphatic hydroxyl groups excluding tert-OH is 1. The topological polar surface area (TPSA) is 52.6 Å². The SMILES string of the molecule is CCCCN(CCO)CC(=O)Nc1cccc(C(C)C)c1. The van der Waals surface area contributed by atoms with Gasteiger partial charge in [-0.1, -0.05) is 39.3 Å². The molecule has 0 fully saturated rings. The number of hydrogen-bond donors (Lipinski definition) is 2. The maximum Gasteiger partial charge on any atom is 0.238 e. The molecule has 0 spiro atoms. The molecule has 2 N–H and O–H groups in total. The van der Waals surface area contributed by atoms with Crippen LogP contribution in [0.1, 0.15) is 45.1 Å². The van der Waals surface area contributed by atoms with Crippen LogP contribution >= 0.6 is 0 Å². The summed E-state index contributed by atoms with van der Waals surface area (Å²) in [5.74, 6) is 0.415. The summed E-state index contributed by atoms with van der Waals surface area (Å²) in [6, 6.07) is 7.96. The van der Waals surface area contributed by atoms with E-state index in [1.807, 2.05) is 23.1 Å². The molecule has 0 aliphatic carbocycles. The fourth-order valence-electron chi connectivity index (χ4n) is 2.17. The van der Waals surface area contributed by atoms with Crippen LogP contribution in [0.4, 0.5) is 5.69 Å². The van der Waals surface area contributed by atoms with E-state index >= 15 is 0 Å². The number of aliphatic hydroxyl groups is 1. The number of rotatable bonds is 9. The van der Waals surface area contributed by atoms with Gasteiger partial charge >= 0.3 is 0 Å². The van der Waals surface area contributed by atoms with E-state index in [-0.39, 0.29) is 12.5 Å². The van der Waals surface area contributed by atoms with Crippen molar-refractivity contribution in [3.8, 4) is 0 Å². The first kappa shape index (κ1) is 17.7. The van der Waals surface area contributed by atoms with Crippen molar-refractivity contribution in [2.24, 2.45) is 0 Å². The van der Waals surface area contributed by atoms with E-state index in [9.17, 15) is 4.79 Å². The van der Waals surface area contributed by atoms with Gasteiger partial charge in [-0.2, -0.15) is 0 Å². The molecule has 118 valence electrons.